The number of carbonyl (C=O) groups excluding carboxylic acids is 2. The van der Waals surface area contributed by atoms with Gasteiger partial charge in [-0.2, -0.15) is 0 Å². The lowest BCUT2D eigenvalue weighted by molar-refractivity contribution is -0.105. The van der Waals surface area contributed by atoms with Crippen molar-refractivity contribution in [3.05, 3.63) is 96.1 Å². The van der Waals surface area contributed by atoms with Crippen LogP contribution < -0.4 is 4.74 Å². The zero-order chi connectivity index (χ0) is 20.1. The molecule has 0 unspecified atom stereocenters. The highest BCUT2D eigenvalue weighted by Crippen LogP contribution is 2.24. The van der Waals surface area contributed by atoms with E-state index in [0.29, 0.717) is 28.6 Å². The summed E-state index contributed by atoms with van der Waals surface area (Å²) in [6, 6.07) is 25.3. The van der Waals surface area contributed by atoms with Crippen molar-refractivity contribution in [1.82, 2.24) is 0 Å². The lowest BCUT2D eigenvalue weighted by Gasteiger charge is -2.06. The summed E-state index contributed by atoms with van der Waals surface area (Å²) in [4.78, 5) is 33.3. The summed E-state index contributed by atoms with van der Waals surface area (Å²) in [6.45, 7) is 0. The van der Waals surface area contributed by atoms with Gasteiger partial charge in [0.1, 0.15) is 11.5 Å². The van der Waals surface area contributed by atoms with E-state index in [0.717, 1.165) is 23.0 Å². The third kappa shape index (κ3) is 4.86. The van der Waals surface area contributed by atoms with E-state index in [9.17, 15) is 9.59 Å². The molecule has 0 saturated carbocycles. The van der Waals surface area contributed by atoms with Crippen molar-refractivity contribution in [3.63, 3.8) is 0 Å². The molecule has 0 amide bonds. The molecule has 3 aromatic rings. The number of rotatable bonds is 5. The maximum atomic E-state index is 12.3. The molecule has 142 valence electrons. The van der Waals surface area contributed by atoms with Crippen LogP contribution in [0.25, 0.3) is 0 Å². The third-order valence-corrected chi connectivity index (χ3v) is 4.91. The van der Waals surface area contributed by atoms with E-state index < -0.39 is 5.97 Å². The zero-order valence-electron chi connectivity index (χ0n) is 15.3. The highest BCUT2D eigenvalue weighted by Gasteiger charge is 2.24. The van der Waals surface area contributed by atoms with Crippen LogP contribution in [0.3, 0.4) is 0 Å². The largest absolute Gasteiger partial charge is 0.423 e. The predicted octanol–water partition coefficient (Wildman–Crippen LogP) is 4.85. The van der Waals surface area contributed by atoms with Crippen LogP contribution in [0.1, 0.15) is 15.9 Å². The number of amidine groups is 1. The molecule has 0 fully saturated rings. The molecule has 6 heteroatoms. The van der Waals surface area contributed by atoms with Crippen LogP contribution in [0.15, 0.2) is 94.9 Å². The molecule has 5 nitrogen and oxygen atoms in total. The van der Waals surface area contributed by atoms with Crippen LogP contribution in [0, 0.1) is 0 Å². The highest BCUT2D eigenvalue weighted by molar-refractivity contribution is 8.28. The number of nitrogens with zero attached hydrogens (tertiary/aromatic N) is 2. The summed E-state index contributed by atoms with van der Waals surface area (Å²) in [6.07, 6.45) is 0.344. The molecule has 0 radical (unpaired) electrons. The summed E-state index contributed by atoms with van der Waals surface area (Å²) < 4.78 is 5.44. The second-order valence-corrected chi connectivity index (χ2v) is 7.20. The van der Waals surface area contributed by atoms with Crippen LogP contribution in [0.4, 0.5) is 5.69 Å². The molecule has 1 aliphatic rings. The molecular formula is C23H16N2O3S. The Bertz CT molecular complexity index is 1110. The molecule has 4 rings (SSSR count). The minimum Gasteiger partial charge on any atom is -0.423 e. The molecule has 0 aliphatic carbocycles. The smallest absolute Gasteiger partial charge is 0.343 e. The van der Waals surface area contributed by atoms with Gasteiger partial charge in [0.2, 0.25) is 5.12 Å². The second kappa shape index (κ2) is 8.67. The van der Waals surface area contributed by atoms with Gasteiger partial charge in [-0.15, -0.1) is 0 Å². The minimum atomic E-state index is -0.426. The fourth-order valence-corrected chi connectivity index (χ4v) is 3.46. The van der Waals surface area contributed by atoms with Gasteiger partial charge in [-0.05, 0) is 53.7 Å². The number of aliphatic imine (C=N–C) groups is 2. The van der Waals surface area contributed by atoms with Crippen LogP contribution in [-0.2, 0) is 11.2 Å². The number of hydrogen-bond acceptors (Lipinski definition) is 5. The lowest BCUT2D eigenvalue weighted by Crippen LogP contribution is -2.10. The van der Waals surface area contributed by atoms with Gasteiger partial charge in [-0.25, -0.2) is 14.8 Å². The normalized spacial score (nSPS) is 14.7. The second-order valence-electron chi connectivity index (χ2n) is 6.26. The van der Waals surface area contributed by atoms with E-state index in [-0.39, 0.29) is 5.12 Å². The standard InChI is InChI=1S/C23H16N2O3S/c26-21(17-9-3-1-4-10-17)28-19-13-7-8-16(14-19)15-20-22(27)29-23(25-20)24-18-11-5-2-6-12-18/h1-14H,15H2. The minimum absolute atomic E-state index is 0.119. The van der Waals surface area contributed by atoms with Crippen LogP contribution in [0.2, 0.25) is 0 Å². The Balaban J connectivity index is 1.48. The van der Waals surface area contributed by atoms with E-state index in [1.54, 1.807) is 42.5 Å². The molecular weight excluding hydrogens is 384 g/mol. The predicted molar refractivity (Wildman–Crippen MR) is 115 cm³/mol. The molecule has 3 aromatic carbocycles. The van der Waals surface area contributed by atoms with Gasteiger partial charge in [-0.1, -0.05) is 48.5 Å². The number of hydrogen-bond donors (Lipinski definition) is 0. The van der Waals surface area contributed by atoms with Crippen molar-refractivity contribution in [1.29, 1.82) is 0 Å². The topological polar surface area (TPSA) is 68.1 Å². The molecule has 0 bridgehead atoms. The van der Waals surface area contributed by atoms with Crippen molar-refractivity contribution in [2.75, 3.05) is 0 Å². The van der Waals surface area contributed by atoms with Gasteiger partial charge in [0.15, 0.2) is 5.17 Å². The fraction of sp³-hybridized carbons (Fsp3) is 0.0435. The molecule has 0 atom stereocenters. The Morgan fingerprint density at radius 3 is 2.41 bits per heavy atom. The third-order valence-electron chi connectivity index (χ3n) is 4.12. The average molecular weight is 400 g/mol. The van der Waals surface area contributed by atoms with Crippen LogP contribution in [-0.4, -0.2) is 22.0 Å². The fourth-order valence-electron chi connectivity index (χ4n) is 2.75. The summed E-state index contributed by atoms with van der Waals surface area (Å²) in [5.74, 6) is -0.00176. The number of ether oxygens (including phenoxy) is 1. The molecule has 0 saturated heterocycles. The van der Waals surface area contributed by atoms with Crippen molar-refractivity contribution in [2.45, 2.75) is 6.42 Å². The van der Waals surface area contributed by atoms with E-state index in [1.807, 2.05) is 42.5 Å². The van der Waals surface area contributed by atoms with Crippen LogP contribution in [0.5, 0.6) is 5.75 Å². The van der Waals surface area contributed by atoms with Gasteiger partial charge in [-0.3, -0.25) is 4.79 Å². The van der Waals surface area contributed by atoms with E-state index in [2.05, 4.69) is 9.98 Å². The Hall–Kier alpha value is -3.51. The first-order valence-corrected chi connectivity index (χ1v) is 9.79. The van der Waals surface area contributed by atoms with Crippen molar-refractivity contribution < 1.29 is 14.3 Å². The Morgan fingerprint density at radius 1 is 0.931 bits per heavy atom. The SMILES string of the molecule is O=C1SC(=Nc2ccccc2)N=C1Cc1cccc(OC(=O)c2ccccc2)c1. The van der Waals surface area contributed by atoms with E-state index >= 15 is 0 Å². The molecule has 1 aliphatic heterocycles. The van der Waals surface area contributed by atoms with Gasteiger partial charge < -0.3 is 4.74 Å². The maximum absolute atomic E-state index is 12.3. The molecule has 29 heavy (non-hydrogen) atoms. The van der Waals surface area contributed by atoms with Crippen LogP contribution >= 0.6 is 11.8 Å². The summed E-state index contributed by atoms with van der Waals surface area (Å²) >= 11 is 1.02. The van der Waals surface area contributed by atoms with Crippen molar-refractivity contribution >= 4 is 39.4 Å². The summed E-state index contributed by atoms with van der Waals surface area (Å²) in [5.41, 5.74) is 2.49. The molecule has 1 heterocycles. The highest BCUT2D eigenvalue weighted by atomic mass is 32.2. The number of benzene rings is 3. The first-order valence-electron chi connectivity index (χ1n) is 8.97. The Labute approximate surface area is 172 Å². The first-order chi connectivity index (χ1) is 14.2. The van der Waals surface area contributed by atoms with Gasteiger partial charge in [0, 0.05) is 6.42 Å². The summed E-state index contributed by atoms with van der Waals surface area (Å²) in [5, 5.41) is 0.314. The number of thioether (sulfide) groups is 1. The molecule has 0 N–H and O–H groups in total. The van der Waals surface area contributed by atoms with E-state index in [4.69, 9.17) is 4.74 Å². The maximum Gasteiger partial charge on any atom is 0.343 e. The molecule has 0 aromatic heterocycles. The quantitative estimate of drug-likeness (QED) is 0.453. The lowest BCUT2D eigenvalue weighted by atomic mass is 10.1. The van der Waals surface area contributed by atoms with E-state index in [1.165, 1.54) is 0 Å². The first kappa shape index (κ1) is 18.8. The van der Waals surface area contributed by atoms with Crippen molar-refractivity contribution in [3.8, 4) is 5.75 Å². The zero-order valence-corrected chi connectivity index (χ0v) is 16.1. The van der Waals surface area contributed by atoms with Gasteiger partial charge >= 0.3 is 5.97 Å². The summed E-state index contributed by atoms with van der Waals surface area (Å²) in [7, 11) is 0. The van der Waals surface area contributed by atoms with Gasteiger partial charge in [0.25, 0.3) is 0 Å². The molecule has 0 spiro atoms. The number of carbonyl (C=O) groups is 2. The number of esters is 1. The van der Waals surface area contributed by atoms with Crippen molar-refractivity contribution in [2.24, 2.45) is 9.98 Å². The average Bonchev–Trinajstić information content (AvgIpc) is 3.08. The van der Waals surface area contributed by atoms with Gasteiger partial charge in [0.05, 0.1) is 11.3 Å². The Kier molecular flexibility index (Phi) is 5.63. The number of para-hydroxylation sites is 1. The monoisotopic (exact) mass is 400 g/mol. The Morgan fingerprint density at radius 2 is 1.66 bits per heavy atom.